The van der Waals surface area contributed by atoms with Gasteiger partial charge in [-0.3, -0.25) is 4.79 Å². The highest BCUT2D eigenvalue weighted by Gasteiger charge is 2.15. The van der Waals surface area contributed by atoms with Crippen molar-refractivity contribution in [2.45, 2.75) is 18.9 Å². The van der Waals surface area contributed by atoms with Gasteiger partial charge in [0.2, 0.25) is 0 Å². The number of carboxylic acid groups (broad SMARTS) is 1. The topological polar surface area (TPSA) is 89.8 Å². The Balaban J connectivity index is 2.45. The van der Waals surface area contributed by atoms with Crippen molar-refractivity contribution in [2.24, 2.45) is 0 Å². The third kappa shape index (κ3) is 5.40. The van der Waals surface area contributed by atoms with Crippen molar-refractivity contribution in [1.82, 2.24) is 5.32 Å². The fourth-order valence-electron chi connectivity index (χ4n) is 1.69. The van der Waals surface area contributed by atoms with Gasteiger partial charge in [-0.25, -0.2) is 0 Å². The quantitative estimate of drug-likeness (QED) is 0.578. The molecule has 0 aliphatic heterocycles. The summed E-state index contributed by atoms with van der Waals surface area (Å²) in [7, 11) is 0. The highest BCUT2D eigenvalue weighted by molar-refractivity contribution is 7.98. The van der Waals surface area contributed by atoms with Gasteiger partial charge in [0.1, 0.15) is 17.5 Å². The number of aromatic hydroxyl groups is 2. The third-order valence-corrected chi connectivity index (χ3v) is 3.41. The number of benzene rings is 1. The van der Waals surface area contributed by atoms with E-state index < -0.39 is 12.0 Å². The van der Waals surface area contributed by atoms with Crippen molar-refractivity contribution in [3.8, 4) is 11.5 Å². The fraction of sp³-hybridized carbons (Fsp3) is 0.462. The lowest BCUT2D eigenvalue weighted by atomic mass is 10.1. The van der Waals surface area contributed by atoms with E-state index in [2.05, 4.69) is 5.32 Å². The zero-order valence-electron chi connectivity index (χ0n) is 10.8. The van der Waals surface area contributed by atoms with Crippen LogP contribution in [0.3, 0.4) is 0 Å². The van der Waals surface area contributed by atoms with Gasteiger partial charge in [0.05, 0.1) is 0 Å². The molecular weight excluding hydrogens is 266 g/mol. The maximum Gasteiger partial charge on any atom is 0.320 e. The largest absolute Gasteiger partial charge is 0.508 e. The van der Waals surface area contributed by atoms with E-state index in [1.807, 2.05) is 6.26 Å². The van der Waals surface area contributed by atoms with Crippen molar-refractivity contribution in [2.75, 3.05) is 18.6 Å². The van der Waals surface area contributed by atoms with E-state index in [1.54, 1.807) is 17.8 Å². The molecule has 1 rings (SSSR count). The zero-order valence-corrected chi connectivity index (χ0v) is 11.6. The summed E-state index contributed by atoms with van der Waals surface area (Å²) in [6.07, 6.45) is 3.01. The summed E-state index contributed by atoms with van der Waals surface area (Å²) >= 11 is 1.61. The minimum absolute atomic E-state index is 0.0117. The second kappa shape index (κ2) is 7.91. The molecule has 0 aromatic heterocycles. The molecule has 4 N–H and O–H groups in total. The Morgan fingerprint density at radius 2 is 2.16 bits per heavy atom. The van der Waals surface area contributed by atoms with E-state index >= 15 is 0 Å². The predicted octanol–water partition coefficient (Wildman–Crippen LogP) is 1.44. The van der Waals surface area contributed by atoms with Gasteiger partial charge < -0.3 is 20.6 Å². The number of phenolic OH excluding ortho intramolecular Hbond substituents is 2. The summed E-state index contributed by atoms with van der Waals surface area (Å²) < 4.78 is 0. The summed E-state index contributed by atoms with van der Waals surface area (Å²) in [5.41, 5.74) is 0.680. The Kier molecular flexibility index (Phi) is 6.52. The number of phenols is 2. The summed E-state index contributed by atoms with van der Waals surface area (Å²) in [6, 6.07) is 3.84. The van der Waals surface area contributed by atoms with Crippen LogP contribution in [0.25, 0.3) is 0 Å². The lowest BCUT2D eigenvalue weighted by Crippen LogP contribution is -2.38. The summed E-state index contributed by atoms with van der Waals surface area (Å²) in [5.74, 6) is -0.0339. The first-order chi connectivity index (χ1) is 9.04. The molecular formula is C13H19NO4S. The van der Waals surface area contributed by atoms with Crippen LogP contribution in [0.1, 0.15) is 12.0 Å². The molecule has 19 heavy (non-hydrogen) atoms. The normalized spacial score (nSPS) is 12.3. The van der Waals surface area contributed by atoms with Crippen molar-refractivity contribution in [3.05, 3.63) is 23.8 Å². The van der Waals surface area contributed by atoms with Gasteiger partial charge >= 0.3 is 5.97 Å². The first kappa shape index (κ1) is 15.7. The fourth-order valence-corrected chi connectivity index (χ4v) is 2.16. The monoisotopic (exact) mass is 285 g/mol. The Labute approximate surface area is 116 Å². The Morgan fingerprint density at radius 1 is 1.42 bits per heavy atom. The van der Waals surface area contributed by atoms with E-state index in [9.17, 15) is 9.90 Å². The number of nitrogens with one attached hydrogen (secondary N) is 1. The number of thioether (sulfide) groups is 1. The molecule has 0 amide bonds. The second-order valence-corrected chi connectivity index (χ2v) is 5.18. The first-order valence-electron chi connectivity index (χ1n) is 6.00. The van der Waals surface area contributed by atoms with Crippen LogP contribution in [0.5, 0.6) is 11.5 Å². The number of carbonyl (C=O) groups is 1. The molecule has 0 aliphatic rings. The van der Waals surface area contributed by atoms with Crippen LogP contribution in [0.15, 0.2) is 18.2 Å². The van der Waals surface area contributed by atoms with Crippen molar-refractivity contribution in [1.29, 1.82) is 0 Å². The third-order valence-electron chi connectivity index (χ3n) is 2.76. The number of hydrogen-bond acceptors (Lipinski definition) is 5. The number of rotatable bonds is 8. The van der Waals surface area contributed by atoms with E-state index in [1.165, 1.54) is 12.1 Å². The smallest absolute Gasteiger partial charge is 0.320 e. The average Bonchev–Trinajstić information content (AvgIpc) is 2.35. The molecule has 0 unspecified atom stereocenters. The van der Waals surface area contributed by atoms with Gasteiger partial charge in [-0.05, 0) is 36.5 Å². The molecule has 1 atom stereocenters. The van der Waals surface area contributed by atoms with Crippen molar-refractivity contribution >= 4 is 17.7 Å². The maximum absolute atomic E-state index is 11.0. The molecule has 0 bridgehead atoms. The van der Waals surface area contributed by atoms with Gasteiger partial charge in [-0.15, -0.1) is 0 Å². The molecule has 0 saturated carbocycles. The Bertz CT molecular complexity index is 425. The minimum atomic E-state index is -0.857. The van der Waals surface area contributed by atoms with Gasteiger partial charge in [0, 0.05) is 12.6 Å². The van der Waals surface area contributed by atoms with Crippen LogP contribution in [-0.4, -0.2) is 45.9 Å². The Hall–Kier alpha value is -1.40. The highest BCUT2D eigenvalue weighted by atomic mass is 32.2. The van der Waals surface area contributed by atoms with Crippen LogP contribution in [0, 0.1) is 0 Å². The molecule has 1 aromatic rings. The average molecular weight is 285 g/mol. The van der Waals surface area contributed by atoms with Crippen LogP contribution in [-0.2, 0) is 11.2 Å². The first-order valence-corrected chi connectivity index (χ1v) is 7.40. The Morgan fingerprint density at radius 3 is 2.74 bits per heavy atom. The molecule has 106 valence electrons. The molecule has 0 fully saturated rings. The van der Waals surface area contributed by atoms with Crippen molar-refractivity contribution < 1.29 is 20.1 Å². The molecule has 0 aliphatic carbocycles. The lowest BCUT2D eigenvalue weighted by Gasteiger charge is -2.14. The number of aliphatic carboxylic acids is 1. The van der Waals surface area contributed by atoms with E-state index in [0.717, 1.165) is 5.75 Å². The van der Waals surface area contributed by atoms with Crippen molar-refractivity contribution in [3.63, 3.8) is 0 Å². The predicted molar refractivity (Wildman–Crippen MR) is 75.9 cm³/mol. The molecule has 0 saturated heterocycles. The van der Waals surface area contributed by atoms with Crippen LogP contribution >= 0.6 is 11.8 Å². The molecule has 0 heterocycles. The van der Waals surface area contributed by atoms with E-state index in [-0.39, 0.29) is 11.5 Å². The standard InChI is InChI=1S/C13H19NO4S/c1-19-7-5-11(13(17)18)14-6-4-9-2-3-10(15)8-12(9)16/h2-3,8,11,14-16H,4-7H2,1H3,(H,17,18)/t11-/m0/s1. The van der Waals surface area contributed by atoms with Crippen LogP contribution in [0.4, 0.5) is 0 Å². The summed E-state index contributed by atoms with van der Waals surface area (Å²) in [6.45, 7) is 0.462. The van der Waals surface area contributed by atoms with Gasteiger partial charge in [0.15, 0.2) is 0 Å². The number of carboxylic acids is 1. The van der Waals surface area contributed by atoms with Crippen LogP contribution in [0.2, 0.25) is 0 Å². The van der Waals surface area contributed by atoms with E-state index in [0.29, 0.717) is 24.9 Å². The molecule has 0 spiro atoms. The van der Waals surface area contributed by atoms with Crippen LogP contribution < -0.4 is 5.32 Å². The van der Waals surface area contributed by atoms with Gasteiger partial charge in [0.25, 0.3) is 0 Å². The second-order valence-electron chi connectivity index (χ2n) is 4.19. The number of hydrogen-bond donors (Lipinski definition) is 4. The SMILES string of the molecule is CSCC[C@H](NCCc1ccc(O)cc1O)C(=O)O. The summed E-state index contributed by atoms with van der Waals surface area (Å²) in [4.78, 5) is 11.0. The molecule has 1 aromatic carbocycles. The summed E-state index contributed by atoms with van der Waals surface area (Å²) in [5, 5.41) is 30.8. The van der Waals surface area contributed by atoms with Gasteiger partial charge in [-0.1, -0.05) is 6.07 Å². The molecule has 6 heteroatoms. The minimum Gasteiger partial charge on any atom is -0.508 e. The highest BCUT2D eigenvalue weighted by Crippen LogP contribution is 2.22. The lowest BCUT2D eigenvalue weighted by molar-refractivity contribution is -0.139. The van der Waals surface area contributed by atoms with E-state index in [4.69, 9.17) is 10.2 Å². The van der Waals surface area contributed by atoms with Gasteiger partial charge in [-0.2, -0.15) is 11.8 Å². The molecule has 0 radical (unpaired) electrons. The zero-order chi connectivity index (χ0) is 14.3. The maximum atomic E-state index is 11.0. The molecule has 5 nitrogen and oxygen atoms in total.